The molecule has 2 rings (SSSR count). The van der Waals surface area contributed by atoms with Crippen molar-refractivity contribution >= 4 is 0 Å². The molecular weight excluding hydrogens is 235 g/mol. The van der Waals surface area contributed by atoms with Gasteiger partial charge in [0.05, 0.1) is 19.3 Å². The van der Waals surface area contributed by atoms with Crippen LogP contribution >= 0.6 is 0 Å². The van der Waals surface area contributed by atoms with Gasteiger partial charge in [-0.15, -0.1) is 0 Å². The summed E-state index contributed by atoms with van der Waals surface area (Å²) in [6.07, 6.45) is 0. The normalized spacial score (nSPS) is 18.6. The van der Waals surface area contributed by atoms with Crippen LogP contribution in [0.4, 0.5) is 4.39 Å². The van der Waals surface area contributed by atoms with E-state index in [0.717, 1.165) is 26.3 Å². The Bertz CT molecular complexity index is 370. The summed E-state index contributed by atoms with van der Waals surface area (Å²) in [4.78, 5) is 2.25. The van der Waals surface area contributed by atoms with Gasteiger partial charge in [-0.3, -0.25) is 4.90 Å². The molecule has 1 aliphatic heterocycles. The van der Waals surface area contributed by atoms with Gasteiger partial charge in [-0.1, -0.05) is 6.07 Å². The van der Waals surface area contributed by atoms with E-state index in [9.17, 15) is 4.39 Å². The van der Waals surface area contributed by atoms with Crippen molar-refractivity contribution < 1.29 is 13.9 Å². The van der Waals surface area contributed by atoms with Crippen LogP contribution in [0, 0.1) is 5.82 Å². The molecule has 1 fully saturated rings. The topological polar surface area (TPSA) is 47.7 Å². The SMILES string of the molecule is NCC(COc1cccc(F)c1)N1CCOCC1. The number of nitrogens with zero attached hydrogens (tertiary/aromatic N) is 1. The van der Waals surface area contributed by atoms with Crippen LogP contribution in [0.15, 0.2) is 24.3 Å². The molecular formula is C13H19FN2O2. The summed E-state index contributed by atoms with van der Waals surface area (Å²) in [5.74, 6) is 0.255. The lowest BCUT2D eigenvalue weighted by Gasteiger charge is -2.33. The summed E-state index contributed by atoms with van der Waals surface area (Å²) in [7, 11) is 0. The number of rotatable bonds is 5. The number of morpholine rings is 1. The second-order valence-electron chi connectivity index (χ2n) is 4.31. The first kappa shape index (κ1) is 13.3. The molecule has 1 atom stereocenters. The van der Waals surface area contributed by atoms with Gasteiger partial charge in [-0.25, -0.2) is 4.39 Å². The lowest BCUT2D eigenvalue weighted by Crippen LogP contribution is -2.49. The third kappa shape index (κ3) is 3.66. The van der Waals surface area contributed by atoms with E-state index < -0.39 is 0 Å². The molecule has 0 amide bonds. The molecule has 0 saturated carbocycles. The highest BCUT2D eigenvalue weighted by atomic mass is 19.1. The van der Waals surface area contributed by atoms with Crippen molar-refractivity contribution in [2.45, 2.75) is 6.04 Å². The molecule has 1 aromatic carbocycles. The van der Waals surface area contributed by atoms with Crippen molar-refractivity contribution in [2.24, 2.45) is 5.73 Å². The Morgan fingerprint density at radius 2 is 2.17 bits per heavy atom. The Kier molecular flexibility index (Phi) is 4.92. The van der Waals surface area contributed by atoms with Gasteiger partial charge in [-0.05, 0) is 12.1 Å². The maximum absolute atomic E-state index is 13.0. The van der Waals surface area contributed by atoms with Crippen LogP contribution in [0.25, 0.3) is 0 Å². The number of hydrogen-bond acceptors (Lipinski definition) is 4. The third-order valence-corrected chi connectivity index (χ3v) is 3.07. The fraction of sp³-hybridized carbons (Fsp3) is 0.538. The summed E-state index contributed by atoms with van der Waals surface area (Å²) in [5, 5.41) is 0. The van der Waals surface area contributed by atoms with Gasteiger partial charge in [0.25, 0.3) is 0 Å². The van der Waals surface area contributed by atoms with Gasteiger partial charge < -0.3 is 15.2 Å². The molecule has 100 valence electrons. The lowest BCUT2D eigenvalue weighted by molar-refractivity contribution is 0.00822. The average Bonchev–Trinajstić information content (AvgIpc) is 2.41. The number of nitrogens with two attached hydrogens (primary N) is 1. The van der Waals surface area contributed by atoms with Gasteiger partial charge >= 0.3 is 0 Å². The van der Waals surface area contributed by atoms with Crippen LogP contribution in [0.3, 0.4) is 0 Å². The van der Waals surface area contributed by atoms with Crippen molar-refractivity contribution in [1.82, 2.24) is 4.90 Å². The Hall–Kier alpha value is -1.17. The summed E-state index contributed by atoms with van der Waals surface area (Å²) in [5.41, 5.74) is 5.76. The summed E-state index contributed by atoms with van der Waals surface area (Å²) in [6, 6.07) is 6.31. The molecule has 18 heavy (non-hydrogen) atoms. The molecule has 4 nitrogen and oxygen atoms in total. The zero-order chi connectivity index (χ0) is 12.8. The van der Waals surface area contributed by atoms with Crippen molar-refractivity contribution in [3.63, 3.8) is 0 Å². The highest BCUT2D eigenvalue weighted by Crippen LogP contribution is 2.13. The van der Waals surface area contributed by atoms with Crippen molar-refractivity contribution in [3.05, 3.63) is 30.1 Å². The van der Waals surface area contributed by atoms with Gasteiger partial charge in [0.15, 0.2) is 0 Å². The van der Waals surface area contributed by atoms with E-state index in [1.54, 1.807) is 12.1 Å². The Labute approximate surface area is 106 Å². The lowest BCUT2D eigenvalue weighted by atomic mass is 10.2. The maximum atomic E-state index is 13.0. The van der Waals surface area contributed by atoms with Crippen LogP contribution in [0.1, 0.15) is 0 Å². The molecule has 0 spiro atoms. The molecule has 5 heteroatoms. The van der Waals surface area contributed by atoms with Crippen LogP contribution in [-0.4, -0.2) is 50.4 Å². The molecule has 1 aliphatic rings. The summed E-state index contributed by atoms with van der Waals surface area (Å²) >= 11 is 0. The molecule has 0 bridgehead atoms. The molecule has 0 aliphatic carbocycles. The molecule has 1 aromatic rings. The zero-order valence-corrected chi connectivity index (χ0v) is 10.3. The quantitative estimate of drug-likeness (QED) is 0.847. The van der Waals surface area contributed by atoms with Crippen LogP contribution in [0.2, 0.25) is 0 Å². The second kappa shape index (κ2) is 6.68. The van der Waals surface area contributed by atoms with Crippen molar-refractivity contribution in [1.29, 1.82) is 0 Å². The third-order valence-electron chi connectivity index (χ3n) is 3.07. The molecule has 2 N–H and O–H groups in total. The average molecular weight is 254 g/mol. The standard InChI is InChI=1S/C13H19FN2O2/c14-11-2-1-3-13(8-11)18-10-12(9-15)16-4-6-17-7-5-16/h1-3,8,12H,4-7,9-10,15H2. The van der Waals surface area contributed by atoms with E-state index >= 15 is 0 Å². The van der Waals surface area contributed by atoms with Gasteiger partial charge in [0.1, 0.15) is 18.2 Å². The van der Waals surface area contributed by atoms with Crippen LogP contribution < -0.4 is 10.5 Å². The predicted octanol–water partition coefficient (Wildman–Crippen LogP) is 0.864. The van der Waals surface area contributed by atoms with Gasteiger partial charge in [-0.2, -0.15) is 0 Å². The fourth-order valence-electron chi connectivity index (χ4n) is 2.01. The predicted molar refractivity (Wildman–Crippen MR) is 67.1 cm³/mol. The fourth-order valence-corrected chi connectivity index (χ4v) is 2.01. The number of halogens is 1. The van der Waals surface area contributed by atoms with Crippen LogP contribution in [0.5, 0.6) is 5.75 Å². The minimum absolute atomic E-state index is 0.150. The first-order valence-corrected chi connectivity index (χ1v) is 6.20. The first-order valence-electron chi connectivity index (χ1n) is 6.20. The summed E-state index contributed by atoms with van der Waals surface area (Å²) in [6.45, 7) is 4.20. The largest absolute Gasteiger partial charge is 0.492 e. The first-order chi connectivity index (χ1) is 8.79. The van der Waals surface area contributed by atoms with Gasteiger partial charge in [0.2, 0.25) is 0 Å². The van der Waals surface area contributed by atoms with E-state index in [4.69, 9.17) is 15.2 Å². The minimum atomic E-state index is -0.289. The number of hydrogen-bond donors (Lipinski definition) is 1. The molecule has 1 heterocycles. The summed E-state index contributed by atoms with van der Waals surface area (Å²) < 4.78 is 23.9. The van der Waals surface area contributed by atoms with Crippen LogP contribution in [-0.2, 0) is 4.74 Å². The van der Waals surface area contributed by atoms with Crippen molar-refractivity contribution in [2.75, 3.05) is 39.5 Å². The molecule has 0 aromatic heterocycles. The number of benzene rings is 1. The molecule has 1 unspecified atom stereocenters. The molecule has 1 saturated heterocycles. The highest BCUT2D eigenvalue weighted by molar-refractivity contribution is 5.22. The van der Waals surface area contributed by atoms with Crippen molar-refractivity contribution in [3.8, 4) is 5.75 Å². The molecule has 0 radical (unpaired) electrons. The number of ether oxygens (including phenoxy) is 2. The minimum Gasteiger partial charge on any atom is -0.492 e. The monoisotopic (exact) mass is 254 g/mol. The van der Waals surface area contributed by atoms with E-state index in [-0.39, 0.29) is 11.9 Å². The van der Waals surface area contributed by atoms with E-state index in [0.29, 0.717) is 18.9 Å². The smallest absolute Gasteiger partial charge is 0.126 e. The Morgan fingerprint density at radius 1 is 1.39 bits per heavy atom. The van der Waals surface area contributed by atoms with E-state index in [1.165, 1.54) is 12.1 Å². The highest BCUT2D eigenvalue weighted by Gasteiger charge is 2.20. The second-order valence-corrected chi connectivity index (χ2v) is 4.31. The zero-order valence-electron chi connectivity index (χ0n) is 10.3. The van der Waals surface area contributed by atoms with Gasteiger partial charge in [0, 0.05) is 25.7 Å². The van der Waals surface area contributed by atoms with E-state index in [2.05, 4.69) is 4.90 Å². The van der Waals surface area contributed by atoms with E-state index in [1.807, 2.05) is 0 Å². The maximum Gasteiger partial charge on any atom is 0.126 e. The Morgan fingerprint density at radius 3 is 2.83 bits per heavy atom. The Balaban J connectivity index is 1.86.